The summed E-state index contributed by atoms with van der Waals surface area (Å²) < 4.78 is 5.54. The topological polar surface area (TPSA) is 117 Å². The van der Waals surface area contributed by atoms with Crippen LogP contribution in [0.15, 0.2) is 18.2 Å². The van der Waals surface area contributed by atoms with Crippen molar-refractivity contribution in [2.24, 2.45) is 5.92 Å². The van der Waals surface area contributed by atoms with Gasteiger partial charge >= 0.3 is 5.97 Å². The molecule has 0 aliphatic rings. The van der Waals surface area contributed by atoms with Gasteiger partial charge < -0.3 is 20.1 Å². The van der Waals surface area contributed by atoms with Gasteiger partial charge in [-0.1, -0.05) is 11.6 Å². The lowest BCUT2D eigenvalue weighted by Crippen LogP contribution is -2.28. The van der Waals surface area contributed by atoms with Crippen LogP contribution in [-0.2, 0) is 4.79 Å². The number of rotatable bonds is 6. The molecule has 1 aromatic heterocycles. The summed E-state index contributed by atoms with van der Waals surface area (Å²) in [6.07, 6.45) is -0.0653. The predicted octanol–water partition coefficient (Wildman–Crippen LogP) is 2.26. The number of ketones is 1. The molecule has 0 amide bonds. The van der Waals surface area contributed by atoms with Gasteiger partial charge in [0.1, 0.15) is 16.8 Å². The zero-order valence-electron chi connectivity index (χ0n) is 13.0. The first-order chi connectivity index (χ1) is 11.3. The molecule has 0 spiro atoms. The van der Waals surface area contributed by atoms with Crippen molar-refractivity contribution in [3.63, 3.8) is 0 Å². The molecule has 24 heavy (non-hydrogen) atoms. The van der Waals surface area contributed by atoms with Crippen molar-refractivity contribution in [3.8, 4) is 11.5 Å². The van der Waals surface area contributed by atoms with Gasteiger partial charge in [-0.15, -0.1) is 0 Å². The van der Waals surface area contributed by atoms with Crippen LogP contribution in [0.1, 0.15) is 24.3 Å². The lowest BCUT2D eigenvalue weighted by atomic mass is 10.00. The molecule has 128 valence electrons. The molecule has 0 unspecified atom stereocenters. The van der Waals surface area contributed by atoms with E-state index in [1.807, 2.05) is 13.8 Å². The van der Waals surface area contributed by atoms with Crippen molar-refractivity contribution in [1.82, 2.24) is 4.98 Å². The van der Waals surface area contributed by atoms with Gasteiger partial charge in [0.2, 0.25) is 5.78 Å². The Labute approximate surface area is 142 Å². The van der Waals surface area contributed by atoms with Crippen molar-refractivity contribution in [3.05, 3.63) is 29.0 Å². The average molecular weight is 354 g/mol. The summed E-state index contributed by atoms with van der Waals surface area (Å²) in [6.45, 7) is 2.79. The van der Waals surface area contributed by atoms with Crippen molar-refractivity contribution < 1.29 is 29.6 Å². The molecule has 2 rings (SSSR count). The lowest BCUT2D eigenvalue weighted by Gasteiger charge is -2.14. The molecular weight excluding hydrogens is 338 g/mol. The highest BCUT2D eigenvalue weighted by Gasteiger charge is 2.31. The summed E-state index contributed by atoms with van der Waals surface area (Å²) in [5, 5.41) is 28.8. The van der Waals surface area contributed by atoms with Crippen LogP contribution < -0.4 is 4.74 Å². The van der Waals surface area contributed by atoms with Gasteiger partial charge in [0.15, 0.2) is 11.4 Å². The molecule has 0 radical (unpaired) electrons. The molecule has 8 heteroatoms. The fourth-order valence-electron chi connectivity index (χ4n) is 2.19. The van der Waals surface area contributed by atoms with Crippen LogP contribution in [-0.4, -0.2) is 44.8 Å². The minimum absolute atomic E-state index is 0.0653. The molecule has 0 bridgehead atoms. The van der Waals surface area contributed by atoms with Gasteiger partial charge in [-0.05, 0) is 32.0 Å². The molecule has 3 N–H and O–H groups in total. The molecular formula is C16H16ClNO6. The minimum Gasteiger partial charge on any atom is -0.505 e. The van der Waals surface area contributed by atoms with Gasteiger partial charge in [-0.25, -0.2) is 4.98 Å². The third-order valence-corrected chi connectivity index (χ3v) is 3.59. The number of aliphatic hydroxyl groups excluding tert-OH is 1. The highest BCUT2D eigenvalue weighted by Crippen LogP contribution is 2.35. The minimum atomic E-state index is -1.72. The van der Waals surface area contributed by atoms with Crippen molar-refractivity contribution >= 4 is 34.1 Å². The Hall–Kier alpha value is -2.38. The number of carbonyl (C=O) groups is 2. The summed E-state index contributed by atoms with van der Waals surface area (Å²) in [5.41, 5.74) is -0.494. The van der Waals surface area contributed by atoms with Crippen LogP contribution in [0.25, 0.3) is 10.8 Å². The van der Waals surface area contributed by atoms with Crippen LogP contribution in [0.3, 0.4) is 0 Å². The lowest BCUT2D eigenvalue weighted by molar-refractivity contribution is -0.141. The predicted molar refractivity (Wildman–Crippen MR) is 86.7 cm³/mol. The van der Waals surface area contributed by atoms with Crippen LogP contribution in [0.4, 0.5) is 0 Å². The molecule has 0 fully saturated rings. The number of nitrogens with zero attached hydrogens (tertiary/aromatic N) is 1. The third kappa shape index (κ3) is 3.42. The van der Waals surface area contributed by atoms with Gasteiger partial charge in [0.05, 0.1) is 12.7 Å². The number of aliphatic hydroxyl groups is 1. The van der Waals surface area contributed by atoms with E-state index in [0.29, 0.717) is 11.1 Å². The van der Waals surface area contributed by atoms with E-state index >= 15 is 0 Å². The molecule has 0 saturated carbocycles. The number of hydrogen-bond donors (Lipinski definition) is 3. The number of ether oxygens (including phenoxy) is 1. The van der Waals surface area contributed by atoms with Gasteiger partial charge in [-0.2, -0.15) is 0 Å². The summed E-state index contributed by atoms with van der Waals surface area (Å²) in [5.74, 6) is -4.23. The Kier molecular flexibility index (Phi) is 5.26. The van der Waals surface area contributed by atoms with E-state index in [-0.39, 0.29) is 16.6 Å². The molecule has 0 aliphatic carbocycles. The van der Waals surface area contributed by atoms with Gasteiger partial charge in [-0.3, -0.25) is 9.59 Å². The summed E-state index contributed by atoms with van der Waals surface area (Å²) >= 11 is 6.07. The number of Topliss-reactive ketones (excluding diaryl/α,β-unsaturated/α-hetero) is 1. The first kappa shape index (κ1) is 18.0. The Balaban J connectivity index is 2.57. The highest BCUT2D eigenvalue weighted by molar-refractivity contribution is 6.35. The largest absolute Gasteiger partial charge is 0.505 e. The molecule has 0 saturated heterocycles. The normalized spacial score (nSPS) is 12.4. The number of carbonyl (C=O) groups excluding carboxylic acids is 1. The standard InChI is InChI=1S/C16H16ClNO6/c1-7(2)24-8-3-4-9-10(5-8)15(17)18-12(13(9)20)14(21)11(6-19)16(22)23/h3-5,7,11,19-20H,6H2,1-2H3,(H,22,23)/t11-/m1/s1. The maximum absolute atomic E-state index is 12.2. The molecule has 1 aromatic carbocycles. The Bertz CT molecular complexity index is 805. The van der Waals surface area contributed by atoms with Crippen molar-refractivity contribution in [2.75, 3.05) is 6.61 Å². The maximum Gasteiger partial charge on any atom is 0.316 e. The zero-order valence-corrected chi connectivity index (χ0v) is 13.7. The van der Waals surface area contributed by atoms with E-state index in [9.17, 15) is 14.7 Å². The molecule has 0 aliphatic heterocycles. The van der Waals surface area contributed by atoms with Gasteiger partial charge in [0.25, 0.3) is 0 Å². The SMILES string of the molecule is CC(C)Oc1ccc2c(O)c(C(=O)[C@@H](CO)C(=O)O)nc(Cl)c2c1. The Morgan fingerprint density at radius 3 is 2.50 bits per heavy atom. The van der Waals surface area contributed by atoms with E-state index < -0.39 is 35.7 Å². The fraction of sp³-hybridized carbons (Fsp3) is 0.312. The van der Waals surface area contributed by atoms with Crippen LogP contribution in [0.2, 0.25) is 5.15 Å². The Morgan fingerprint density at radius 1 is 1.29 bits per heavy atom. The van der Waals surface area contributed by atoms with E-state index in [4.69, 9.17) is 26.6 Å². The smallest absolute Gasteiger partial charge is 0.316 e. The van der Waals surface area contributed by atoms with Crippen LogP contribution in [0, 0.1) is 5.92 Å². The number of aromatic hydroxyl groups is 1. The highest BCUT2D eigenvalue weighted by atomic mass is 35.5. The summed E-state index contributed by atoms with van der Waals surface area (Å²) in [4.78, 5) is 27.0. The second-order valence-electron chi connectivity index (χ2n) is 5.41. The third-order valence-electron chi connectivity index (χ3n) is 3.31. The zero-order chi connectivity index (χ0) is 18.0. The van der Waals surface area contributed by atoms with E-state index in [1.54, 1.807) is 12.1 Å². The van der Waals surface area contributed by atoms with Crippen LogP contribution >= 0.6 is 11.6 Å². The second-order valence-corrected chi connectivity index (χ2v) is 5.77. The number of aromatic nitrogens is 1. The maximum atomic E-state index is 12.2. The van der Waals surface area contributed by atoms with E-state index in [0.717, 1.165) is 0 Å². The summed E-state index contributed by atoms with van der Waals surface area (Å²) in [6, 6.07) is 4.66. The van der Waals surface area contributed by atoms with E-state index in [1.165, 1.54) is 6.07 Å². The monoisotopic (exact) mass is 353 g/mol. The number of pyridine rings is 1. The molecule has 7 nitrogen and oxygen atoms in total. The molecule has 1 heterocycles. The van der Waals surface area contributed by atoms with Gasteiger partial charge in [0, 0.05) is 10.8 Å². The number of hydrogen-bond acceptors (Lipinski definition) is 6. The summed E-state index contributed by atoms with van der Waals surface area (Å²) in [7, 11) is 0. The first-order valence-corrected chi connectivity index (χ1v) is 7.50. The number of carboxylic acids is 1. The van der Waals surface area contributed by atoms with Crippen LogP contribution in [0.5, 0.6) is 11.5 Å². The quantitative estimate of drug-likeness (QED) is 0.414. The fourth-order valence-corrected chi connectivity index (χ4v) is 2.44. The number of carboxylic acid groups (broad SMARTS) is 1. The average Bonchev–Trinajstić information content (AvgIpc) is 2.50. The van der Waals surface area contributed by atoms with Crippen molar-refractivity contribution in [2.45, 2.75) is 20.0 Å². The first-order valence-electron chi connectivity index (χ1n) is 7.13. The second kappa shape index (κ2) is 7.02. The molecule has 2 aromatic rings. The number of benzene rings is 1. The van der Waals surface area contributed by atoms with Crippen molar-refractivity contribution in [1.29, 1.82) is 0 Å². The number of fused-ring (bicyclic) bond motifs is 1. The van der Waals surface area contributed by atoms with E-state index in [2.05, 4.69) is 4.98 Å². The number of halogens is 1. The number of aliphatic carboxylic acids is 1. The molecule has 1 atom stereocenters. The Morgan fingerprint density at radius 2 is 1.96 bits per heavy atom.